The van der Waals surface area contributed by atoms with Gasteiger partial charge in [-0.05, 0) is 26.2 Å². The highest BCUT2D eigenvalue weighted by Gasteiger charge is 2.23. The van der Waals surface area contributed by atoms with E-state index in [4.69, 9.17) is 0 Å². The van der Waals surface area contributed by atoms with Gasteiger partial charge in [-0.1, -0.05) is 0 Å². The maximum atomic E-state index is 4.57. The number of anilines is 3. The minimum Gasteiger partial charge on any atom is -0.356 e. The van der Waals surface area contributed by atoms with E-state index in [1.54, 1.807) is 6.33 Å². The van der Waals surface area contributed by atoms with E-state index in [0.29, 0.717) is 0 Å². The molecule has 146 valence electrons. The highest BCUT2D eigenvalue weighted by molar-refractivity contribution is 5.64. The number of piperidine rings is 1. The molecule has 0 radical (unpaired) electrons. The van der Waals surface area contributed by atoms with E-state index in [-0.39, 0.29) is 0 Å². The van der Waals surface area contributed by atoms with Crippen LogP contribution in [0, 0.1) is 6.92 Å². The normalized spacial score (nSPS) is 18.1. The van der Waals surface area contributed by atoms with Crippen LogP contribution in [0.3, 0.4) is 0 Å². The summed E-state index contributed by atoms with van der Waals surface area (Å²) in [6, 6.07) is 2.14. The van der Waals surface area contributed by atoms with Crippen molar-refractivity contribution in [3.8, 4) is 0 Å². The second-order valence-corrected chi connectivity index (χ2v) is 7.45. The van der Waals surface area contributed by atoms with Gasteiger partial charge in [0.1, 0.15) is 23.8 Å². The molecular weight excluding hydrogens is 354 g/mol. The van der Waals surface area contributed by atoms with Crippen LogP contribution < -0.4 is 14.7 Å². The fourth-order valence-corrected chi connectivity index (χ4v) is 4.11. The Bertz CT molecular complexity index is 955. The molecule has 0 aliphatic carbocycles. The van der Waals surface area contributed by atoms with Crippen molar-refractivity contribution in [2.45, 2.75) is 26.2 Å². The average molecular weight is 379 g/mol. The Morgan fingerprint density at radius 1 is 0.750 bits per heavy atom. The van der Waals surface area contributed by atoms with Gasteiger partial charge >= 0.3 is 0 Å². The van der Waals surface area contributed by atoms with Gasteiger partial charge in [-0.25, -0.2) is 15.0 Å². The Morgan fingerprint density at radius 3 is 2.18 bits per heavy atom. The molecule has 2 saturated heterocycles. The Kier molecular flexibility index (Phi) is 4.42. The molecular formula is C19H25N9. The Morgan fingerprint density at radius 2 is 1.43 bits per heavy atom. The standard InChI is InChI=1S/C19H25N9/c1-15-23-24-19-18(20-5-8-28(15)19)27-11-9-26(10-12-27)17-13-16(21-14-22-17)25-6-3-2-4-7-25/h5,8,13-14H,2-4,6-7,9-12H2,1H3. The van der Waals surface area contributed by atoms with E-state index in [1.165, 1.54) is 19.3 Å². The van der Waals surface area contributed by atoms with Crippen molar-refractivity contribution in [2.75, 3.05) is 54.0 Å². The maximum Gasteiger partial charge on any atom is 0.203 e. The van der Waals surface area contributed by atoms with Crippen LogP contribution in [0.1, 0.15) is 25.1 Å². The first kappa shape index (κ1) is 17.2. The quantitative estimate of drug-likeness (QED) is 0.678. The number of hydrogen-bond donors (Lipinski definition) is 0. The molecule has 9 heteroatoms. The summed E-state index contributed by atoms with van der Waals surface area (Å²) in [5.41, 5.74) is 0.822. The molecule has 3 aromatic rings. The van der Waals surface area contributed by atoms with Crippen LogP contribution in [0.15, 0.2) is 24.8 Å². The summed E-state index contributed by atoms with van der Waals surface area (Å²) >= 11 is 0. The van der Waals surface area contributed by atoms with Crippen molar-refractivity contribution < 1.29 is 0 Å². The van der Waals surface area contributed by atoms with Crippen molar-refractivity contribution >= 4 is 23.1 Å². The Labute approximate surface area is 164 Å². The zero-order valence-electron chi connectivity index (χ0n) is 16.2. The van der Waals surface area contributed by atoms with Gasteiger partial charge in [-0.2, -0.15) is 0 Å². The van der Waals surface area contributed by atoms with Gasteiger partial charge in [0, 0.05) is 57.7 Å². The Hall–Kier alpha value is -2.97. The van der Waals surface area contributed by atoms with Crippen molar-refractivity contribution in [2.24, 2.45) is 0 Å². The van der Waals surface area contributed by atoms with E-state index in [9.17, 15) is 0 Å². The zero-order valence-corrected chi connectivity index (χ0v) is 16.2. The average Bonchev–Trinajstić information content (AvgIpc) is 3.16. The first-order valence-corrected chi connectivity index (χ1v) is 10.0. The fourth-order valence-electron chi connectivity index (χ4n) is 4.11. The van der Waals surface area contributed by atoms with Crippen LogP contribution >= 0.6 is 0 Å². The van der Waals surface area contributed by atoms with Crippen LogP contribution in [0.25, 0.3) is 5.65 Å². The molecule has 0 bridgehead atoms. The number of hydrogen-bond acceptors (Lipinski definition) is 8. The van der Waals surface area contributed by atoms with E-state index in [1.807, 2.05) is 23.7 Å². The number of aromatic nitrogens is 6. The summed E-state index contributed by atoms with van der Waals surface area (Å²) in [6.07, 6.45) is 9.25. The van der Waals surface area contributed by atoms with E-state index < -0.39 is 0 Å². The highest BCUT2D eigenvalue weighted by atomic mass is 15.3. The van der Waals surface area contributed by atoms with Gasteiger partial charge in [0.25, 0.3) is 0 Å². The predicted octanol–water partition coefficient (Wildman–Crippen LogP) is 1.54. The van der Waals surface area contributed by atoms with Crippen LogP contribution in [-0.4, -0.2) is 68.8 Å². The molecule has 0 aromatic carbocycles. The lowest BCUT2D eigenvalue weighted by molar-refractivity contribution is 0.572. The van der Waals surface area contributed by atoms with Crippen LogP contribution in [0.4, 0.5) is 17.5 Å². The van der Waals surface area contributed by atoms with Crippen molar-refractivity contribution in [3.63, 3.8) is 0 Å². The van der Waals surface area contributed by atoms with E-state index in [2.05, 4.69) is 45.9 Å². The number of nitrogens with zero attached hydrogens (tertiary/aromatic N) is 9. The summed E-state index contributed by atoms with van der Waals surface area (Å²) in [7, 11) is 0. The van der Waals surface area contributed by atoms with Gasteiger partial charge in [0.15, 0.2) is 5.82 Å². The van der Waals surface area contributed by atoms with Gasteiger partial charge in [-0.3, -0.25) is 4.40 Å². The summed E-state index contributed by atoms with van der Waals surface area (Å²) in [6.45, 7) is 7.69. The molecule has 0 saturated carbocycles. The van der Waals surface area contributed by atoms with Crippen molar-refractivity contribution in [1.82, 2.24) is 29.5 Å². The van der Waals surface area contributed by atoms with Gasteiger partial charge in [-0.15, -0.1) is 10.2 Å². The topological polar surface area (TPSA) is 78.6 Å². The third-order valence-electron chi connectivity index (χ3n) is 5.70. The fraction of sp³-hybridized carbons (Fsp3) is 0.526. The van der Waals surface area contributed by atoms with Gasteiger partial charge < -0.3 is 14.7 Å². The molecule has 3 aromatic heterocycles. The van der Waals surface area contributed by atoms with Gasteiger partial charge in [0.2, 0.25) is 5.65 Å². The molecule has 2 aliphatic rings. The zero-order chi connectivity index (χ0) is 18.9. The van der Waals surface area contributed by atoms with Crippen LogP contribution in [0.2, 0.25) is 0 Å². The first-order chi connectivity index (χ1) is 13.8. The van der Waals surface area contributed by atoms with Crippen LogP contribution in [-0.2, 0) is 0 Å². The lowest BCUT2D eigenvalue weighted by Crippen LogP contribution is -2.47. The second kappa shape index (κ2) is 7.21. The third kappa shape index (κ3) is 3.10. The number of fused-ring (bicyclic) bond motifs is 1. The number of rotatable bonds is 3. The van der Waals surface area contributed by atoms with E-state index in [0.717, 1.165) is 68.2 Å². The minimum atomic E-state index is 0.822. The summed E-state index contributed by atoms with van der Waals surface area (Å²) < 4.78 is 1.99. The number of aryl methyl sites for hydroxylation is 1. The molecule has 0 unspecified atom stereocenters. The summed E-state index contributed by atoms with van der Waals surface area (Å²) in [5, 5.41) is 8.49. The number of piperazine rings is 1. The van der Waals surface area contributed by atoms with Crippen molar-refractivity contribution in [1.29, 1.82) is 0 Å². The monoisotopic (exact) mass is 379 g/mol. The molecule has 5 heterocycles. The minimum absolute atomic E-state index is 0.822. The van der Waals surface area contributed by atoms with Crippen LogP contribution in [0.5, 0.6) is 0 Å². The highest BCUT2D eigenvalue weighted by Crippen LogP contribution is 2.24. The predicted molar refractivity (Wildman–Crippen MR) is 108 cm³/mol. The maximum absolute atomic E-state index is 4.57. The largest absolute Gasteiger partial charge is 0.356 e. The molecule has 9 nitrogen and oxygen atoms in total. The molecule has 28 heavy (non-hydrogen) atoms. The lowest BCUT2D eigenvalue weighted by Gasteiger charge is -2.36. The molecule has 5 rings (SSSR count). The molecule has 0 spiro atoms. The summed E-state index contributed by atoms with van der Waals surface area (Å²) in [4.78, 5) is 20.6. The molecule has 0 amide bonds. The SMILES string of the molecule is Cc1nnc2c(N3CCN(c4cc(N5CCCCC5)ncn4)CC3)nccn12. The van der Waals surface area contributed by atoms with E-state index >= 15 is 0 Å². The second-order valence-electron chi connectivity index (χ2n) is 7.45. The first-order valence-electron chi connectivity index (χ1n) is 10.0. The molecule has 0 N–H and O–H groups in total. The lowest BCUT2D eigenvalue weighted by atomic mass is 10.1. The molecule has 2 aliphatic heterocycles. The third-order valence-corrected chi connectivity index (χ3v) is 5.70. The smallest absolute Gasteiger partial charge is 0.203 e. The summed E-state index contributed by atoms with van der Waals surface area (Å²) in [5.74, 6) is 3.85. The van der Waals surface area contributed by atoms with Gasteiger partial charge in [0.05, 0.1) is 0 Å². The Balaban J connectivity index is 1.30. The molecule has 0 atom stereocenters. The van der Waals surface area contributed by atoms with Crippen molar-refractivity contribution in [3.05, 3.63) is 30.6 Å². The molecule has 2 fully saturated rings.